The molecule has 0 radical (unpaired) electrons. The van der Waals surface area contributed by atoms with E-state index in [1.165, 1.54) is 7.11 Å². The first-order valence-electron chi connectivity index (χ1n) is 9.92. The van der Waals surface area contributed by atoms with Crippen LogP contribution in [0.4, 0.5) is 11.4 Å². The van der Waals surface area contributed by atoms with Crippen LogP contribution in [0.2, 0.25) is 5.02 Å². The fourth-order valence-corrected chi connectivity index (χ4v) is 4.94. The third kappa shape index (κ3) is 5.23. The molecule has 0 aliphatic carbocycles. The summed E-state index contributed by atoms with van der Waals surface area (Å²) in [6.07, 6.45) is 0. The van der Waals surface area contributed by atoms with Crippen LogP contribution in [0.25, 0.3) is 0 Å². The van der Waals surface area contributed by atoms with Crippen LogP contribution in [0, 0.1) is 20.8 Å². The molecule has 0 bridgehead atoms. The number of carbonyl (C=O) groups is 1. The maximum absolute atomic E-state index is 13.5. The molecule has 0 aromatic heterocycles. The van der Waals surface area contributed by atoms with E-state index >= 15 is 0 Å². The molecule has 3 aromatic rings. The van der Waals surface area contributed by atoms with Crippen molar-refractivity contribution in [1.82, 2.24) is 0 Å². The molecule has 3 rings (SSSR count). The number of methoxy groups -OCH3 is 1. The fraction of sp³-hybridized carbons (Fsp3) is 0.208. The molecule has 0 heterocycles. The van der Waals surface area contributed by atoms with E-state index in [4.69, 9.17) is 16.3 Å². The molecule has 1 N–H and O–H groups in total. The van der Waals surface area contributed by atoms with Gasteiger partial charge in [0.2, 0.25) is 5.91 Å². The molecular weight excluding hydrogens is 448 g/mol. The standard InChI is InChI=1S/C24H25ClN2O4S/c1-16-6-10-20(11-7-16)32(29,30)27(22-13-17(2)5-8-18(22)3)15-24(28)26-19-9-12-23(31-4)21(25)14-19/h5-14H,15H2,1-4H3,(H,26,28). The van der Waals surface area contributed by atoms with E-state index in [-0.39, 0.29) is 4.90 Å². The Morgan fingerprint density at radius 1 is 0.969 bits per heavy atom. The Kier molecular flexibility index (Phi) is 7.11. The summed E-state index contributed by atoms with van der Waals surface area (Å²) in [5.41, 5.74) is 3.46. The van der Waals surface area contributed by atoms with Gasteiger partial charge in [0.05, 0.1) is 22.7 Å². The van der Waals surface area contributed by atoms with E-state index in [0.717, 1.165) is 21.0 Å². The molecule has 0 fully saturated rings. The Bertz CT molecular complexity index is 1240. The van der Waals surface area contributed by atoms with Gasteiger partial charge in [-0.05, 0) is 68.3 Å². The van der Waals surface area contributed by atoms with Gasteiger partial charge in [0.15, 0.2) is 0 Å². The minimum atomic E-state index is -3.99. The average Bonchev–Trinajstić information content (AvgIpc) is 2.74. The Hall–Kier alpha value is -3.03. The van der Waals surface area contributed by atoms with Crippen LogP contribution < -0.4 is 14.4 Å². The minimum Gasteiger partial charge on any atom is -0.495 e. The predicted octanol–water partition coefficient (Wildman–Crippen LogP) is 5.11. The summed E-state index contributed by atoms with van der Waals surface area (Å²) in [7, 11) is -2.49. The number of benzene rings is 3. The lowest BCUT2D eigenvalue weighted by Crippen LogP contribution is -2.38. The molecule has 6 nitrogen and oxygen atoms in total. The van der Waals surface area contributed by atoms with Crippen molar-refractivity contribution in [2.75, 3.05) is 23.3 Å². The van der Waals surface area contributed by atoms with Crippen LogP contribution in [0.1, 0.15) is 16.7 Å². The molecular formula is C24H25ClN2O4S. The van der Waals surface area contributed by atoms with Crippen LogP contribution >= 0.6 is 11.6 Å². The quantitative estimate of drug-likeness (QED) is 0.518. The van der Waals surface area contributed by atoms with Crippen molar-refractivity contribution < 1.29 is 17.9 Å². The minimum absolute atomic E-state index is 0.115. The monoisotopic (exact) mass is 472 g/mol. The second kappa shape index (κ2) is 9.63. The number of rotatable bonds is 7. The van der Waals surface area contributed by atoms with Crippen molar-refractivity contribution in [3.63, 3.8) is 0 Å². The van der Waals surface area contributed by atoms with Crippen molar-refractivity contribution in [2.45, 2.75) is 25.7 Å². The molecule has 0 spiro atoms. The van der Waals surface area contributed by atoms with Crippen LogP contribution in [0.5, 0.6) is 5.75 Å². The lowest BCUT2D eigenvalue weighted by atomic mass is 10.1. The molecule has 0 unspecified atom stereocenters. The number of hydrogen-bond acceptors (Lipinski definition) is 4. The topological polar surface area (TPSA) is 75.7 Å². The Balaban J connectivity index is 1.97. The highest BCUT2D eigenvalue weighted by Gasteiger charge is 2.28. The van der Waals surface area contributed by atoms with E-state index in [0.29, 0.717) is 22.1 Å². The largest absolute Gasteiger partial charge is 0.495 e. The van der Waals surface area contributed by atoms with Crippen molar-refractivity contribution in [3.8, 4) is 5.75 Å². The summed E-state index contributed by atoms with van der Waals surface area (Å²) >= 11 is 6.14. The third-order valence-electron chi connectivity index (χ3n) is 4.97. The summed E-state index contributed by atoms with van der Waals surface area (Å²) in [6, 6.07) is 16.9. The Morgan fingerprint density at radius 3 is 2.25 bits per heavy atom. The summed E-state index contributed by atoms with van der Waals surface area (Å²) < 4.78 is 33.3. The van der Waals surface area contributed by atoms with Gasteiger partial charge >= 0.3 is 0 Å². The van der Waals surface area contributed by atoms with Gasteiger partial charge in [-0.3, -0.25) is 9.10 Å². The maximum atomic E-state index is 13.5. The zero-order chi connectivity index (χ0) is 23.5. The summed E-state index contributed by atoms with van der Waals surface area (Å²) in [4.78, 5) is 13.0. The highest BCUT2D eigenvalue weighted by molar-refractivity contribution is 7.92. The second-order valence-electron chi connectivity index (χ2n) is 7.51. The lowest BCUT2D eigenvalue weighted by Gasteiger charge is -2.26. The molecule has 0 atom stereocenters. The summed E-state index contributed by atoms with van der Waals surface area (Å²) in [5, 5.41) is 3.05. The Morgan fingerprint density at radius 2 is 1.62 bits per heavy atom. The zero-order valence-electron chi connectivity index (χ0n) is 18.3. The molecule has 0 aliphatic rings. The highest BCUT2D eigenvalue weighted by atomic mass is 35.5. The Labute approximate surface area is 193 Å². The van der Waals surface area contributed by atoms with Crippen molar-refractivity contribution in [3.05, 3.63) is 82.4 Å². The van der Waals surface area contributed by atoms with Gasteiger partial charge in [-0.25, -0.2) is 8.42 Å². The molecule has 3 aromatic carbocycles. The van der Waals surface area contributed by atoms with Gasteiger partial charge in [-0.1, -0.05) is 41.4 Å². The number of hydrogen-bond donors (Lipinski definition) is 1. The molecule has 32 heavy (non-hydrogen) atoms. The van der Waals surface area contributed by atoms with Gasteiger partial charge in [0.1, 0.15) is 12.3 Å². The first-order valence-corrected chi connectivity index (χ1v) is 11.7. The van der Waals surface area contributed by atoms with Crippen molar-refractivity contribution >= 4 is 38.9 Å². The number of ether oxygens (including phenoxy) is 1. The normalized spacial score (nSPS) is 11.2. The van der Waals surface area contributed by atoms with E-state index in [1.54, 1.807) is 48.5 Å². The number of amides is 1. The lowest BCUT2D eigenvalue weighted by molar-refractivity contribution is -0.114. The average molecular weight is 473 g/mol. The van der Waals surface area contributed by atoms with E-state index < -0.39 is 22.5 Å². The van der Waals surface area contributed by atoms with Crippen LogP contribution in [-0.2, 0) is 14.8 Å². The summed E-state index contributed by atoms with van der Waals surface area (Å²) in [5.74, 6) is -0.0218. The van der Waals surface area contributed by atoms with E-state index in [1.807, 2.05) is 32.9 Å². The van der Waals surface area contributed by atoms with Crippen LogP contribution in [-0.4, -0.2) is 28.0 Å². The number of aryl methyl sites for hydroxylation is 3. The number of sulfonamides is 1. The smallest absolute Gasteiger partial charge is 0.264 e. The SMILES string of the molecule is COc1ccc(NC(=O)CN(c2cc(C)ccc2C)S(=O)(=O)c2ccc(C)cc2)cc1Cl. The van der Waals surface area contributed by atoms with E-state index in [9.17, 15) is 13.2 Å². The molecule has 8 heteroatoms. The molecule has 0 aliphatic heterocycles. The van der Waals surface area contributed by atoms with Gasteiger partial charge in [0.25, 0.3) is 10.0 Å². The number of anilines is 2. The number of carbonyl (C=O) groups excluding carboxylic acids is 1. The van der Waals surface area contributed by atoms with Gasteiger partial charge in [-0.2, -0.15) is 0 Å². The summed E-state index contributed by atoms with van der Waals surface area (Å²) in [6.45, 7) is 5.17. The van der Waals surface area contributed by atoms with Gasteiger partial charge in [-0.15, -0.1) is 0 Å². The number of halogens is 1. The highest BCUT2D eigenvalue weighted by Crippen LogP contribution is 2.29. The fourth-order valence-electron chi connectivity index (χ4n) is 3.20. The zero-order valence-corrected chi connectivity index (χ0v) is 19.9. The number of nitrogens with zero attached hydrogens (tertiary/aromatic N) is 1. The van der Waals surface area contributed by atoms with Crippen molar-refractivity contribution in [2.24, 2.45) is 0 Å². The van der Waals surface area contributed by atoms with Crippen molar-refractivity contribution in [1.29, 1.82) is 0 Å². The first kappa shape index (κ1) is 23.6. The van der Waals surface area contributed by atoms with Gasteiger partial charge in [0, 0.05) is 5.69 Å². The molecule has 168 valence electrons. The van der Waals surface area contributed by atoms with Crippen LogP contribution in [0.3, 0.4) is 0 Å². The third-order valence-corrected chi connectivity index (χ3v) is 7.03. The predicted molar refractivity (Wildman–Crippen MR) is 128 cm³/mol. The maximum Gasteiger partial charge on any atom is 0.264 e. The van der Waals surface area contributed by atoms with Gasteiger partial charge < -0.3 is 10.1 Å². The first-order chi connectivity index (χ1) is 15.1. The molecule has 0 saturated heterocycles. The molecule has 1 amide bonds. The number of nitrogens with one attached hydrogen (secondary N) is 1. The van der Waals surface area contributed by atoms with Crippen LogP contribution in [0.15, 0.2) is 65.6 Å². The second-order valence-corrected chi connectivity index (χ2v) is 9.78. The molecule has 0 saturated carbocycles. The van der Waals surface area contributed by atoms with E-state index in [2.05, 4.69) is 5.32 Å².